The molecule has 3 heterocycles. The summed E-state index contributed by atoms with van der Waals surface area (Å²) in [5, 5.41) is 6.48. The normalized spacial score (nSPS) is 22.6. The van der Waals surface area contributed by atoms with E-state index in [4.69, 9.17) is 0 Å². The van der Waals surface area contributed by atoms with Crippen molar-refractivity contribution < 1.29 is 4.79 Å². The van der Waals surface area contributed by atoms with Crippen LogP contribution in [-0.2, 0) is 11.3 Å². The lowest BCUT2D eigenvalue weighted by atomic mass is 9.83. The highest BCUT2D eigenvalue weighted by Crippen LogP contribution is 2.51. The first-order valence-corrected chi connectivity index (χ1v) is 10.8. The highest BCUT2D eigenvalue weighted by atomic mass is 32.1. The van der Waals surface area contributed by atoms with Crippen LogP contribution in [0, 0.1) is 11.3 Å². The van der Waals surface area contributed by atoms with Gasteiger partial charge >= 0.3 is 0 Å². The number of nitrogens with zero attached hydrogens (tertiary/aromatic N) is 2. The molecule has 1 aliphatic heterocycles. The van der Waals surface area contributed by atoms with Crippen molar-refractivity contribution in [1.29, 1.82) is 0 Å². The number of allylic oxidation sites excluding steroid dienone is 1. The number of hydrogen-bond donors (Lipinski definition) is 2. The van der Waals surface area contributed by atoms with E-state index in [0.717, 1.165) is 31.0 Å². The molecule has 2 N–H and O–H groups in total. The summed E-state index contributed by atoms with van der Waals surface area (Å²) in [5.41, 5.74) is 2.01. The van der Waals surface area contributed by atoms with Crippen LogP contribution in [0.25, 0.3) is 5.57 Å². The summed E-state index contributed by atoms with van der Waals surface area (Å²) < 4.78 is 0. The van der Waals surface area contributed by atoms with E-state index >= 15 is 0 Å². The number of amides is 1. The Kier molecular flexibility index (Phi) is 5.15. The van der Waals surface area contributed by atoms with E-state index in [0.29, 0.717) is 5.92 Å². The molecule has 0 bridgehead atoms. The third kappa shape index (κ3) is 3.65. The maximum Gasteiger partial charge on any atom is 0.233 e. The fourth-order valence-corrected chi connectivity index (χ4v) is 4.96. The third-order valence-electron chi connectivity index (χ3n) is 5.98. The van der Waals surface area contributed by atoms with Crippen LogP contribution in [-0.4, -0.2) is 24.5 Å². The minimum Gasteiger partial charge on any atom is -0.394 e. The van der Waals surface area contributed by atoms with Crippen LogP contribution in [0.4, 0.5) is 11.5 Å². The van der Waals surface area contributed by atoms with Crippen molar-refractivity contribution in [3.8, 4) is 0 Å². The molecule has 2 aromatic heterocycles. The zero-order valence-corrected chi connectivity index (χ0v) is 17.6. The summed E-state index contributed by atoms with van der Waals surface area (Å²) in [5.74, 6) is 1.67. The smallest absolute Gasteiger partial charge is 0.233 e. The van der Waals surface area contributed by atoms with E-state index in [1.807, 2.05) is 30.3 Å². The van der Waals surface area contributed by atoms with Gasteiger partial charge in [-0.15, -0.1) is 11.3 Å². The van der Waals surface area contributed by atoms with Crippen molar-refractivity contribution in [2.24, 2.45) is 11.3 Å². The number of hydrogen-bond acceptors (Lipinski definition) is 5. The first-order chi connectivity index (χ1) is 13.5. The third-order valence-corrected chi connectivity index (χ3v) is 7.20. The molecule has 2 aromatic rings. The molecule has 1 amide bonds. The van der Waals surface area contributed by atoms with Crippen LogP contribution in [0.1, 0.15) is 42.9 Å². The Hall–Kier alpha value is -2.34. The average Bonchev–Trinajstić information content (AvgIpc) is 3.37. The van der Waals surface area contributed by atoms with Gasteiger partial charge in [-0.3, -0.25) is 4.79 Å². The molecule has 5 nitrogen and oxygen atoms in total. The molecule has 28 heavy (non-hydrogen) atoms. The lowest BCUT2D eigenvalue weighted by Gasteiger charge is -2.23. The van der Waals surface area contributed by atoms with Gasteiger partial charge in [0.1, 0.15) is 5.82 Å². The molecule has 0 spiro atoms. The highest BCUT2D eigenvalue weighted by Gasteiger charge is 2.52. The number of carbonyl (C=O) groups excluding carboxylic acids is 1. The molecule has 0 radical (unpaired) electrons. The monoisotopic (exact) mass is 396 g/mol. The summed E-state index contributed by atoms with van der Waals surface area (Å²) in [6, 6.07) is 8.24. The van der Waals surface area contributed by atoms with Gasteiger partial charge in [0, 0.05) is 47.5 Å². The zero-order chi connectivity index (χ0) is 19.7. The van der Waals surface area contributed by atoms with Crippen LogP contribution >= 0.6 is 11.3 Å². The number of carbonyl (C=O) groups is 1. The fraction of sp³-hybridized carbons (Fsp3) is 0.455. The van der Waals surface area contributed by atoms with Gasteiger partial charge < -0.3 is 15.5 Å². The predicted octanol–water partition coefficient (Wildman–Crippen LogP) is 4.49. The van der Waals surface area contributed by atoms with Crippen molar-refractivity contribution in [2.45, 2.75) is 39.7 Å². The maximum atomic E-state index is 13.0. The lowest BCUT2D eigenvalue weighted by molar-refractivity contribution is -0.125. The molecular weight excluding hydrogens is 368 g/mol. The van der Waals surface area contributed by atoms with Crippen molar-refractivity contribution in [3.05, 3.63) is 46.4 Å². The van der Waals surface area contributed by atoms with Gasteiger partial charge in [-0.05, 0) is 55.9 Å². The summed E-state index contributed by atoms with van der Waals surface area (Å²) in [7, 11) is 1.91. The van der Waals surface area contributed by atoms with Gasteiger partial charge in [0.15, 0.2) is 0 Å². The highest BCUT2D eigenvalue weighted by molar-refractivity contribution is 7.13. The second kappa shape index (κ2) is 7.59. The Morgan fingerprint density at radius 3 is 2.96 bits per heavy atom. The summed E-state index contributed by atoms with van der Waals surface area (Å²) in [6.07, 6.45) is 7.16. The quantitative estimate of drug-likeness (QED) is 0.724. The van der Waals surface area contributed by atoms with Gasteiger partial charge in [0.2, 0.25) is 5.91 Å². The van der Waals surface area contributed by atoms with Crippen LogP contribution in [0.2, 0.25) is 0 Å². The van der Waals surface area contributed by atoms with Crippen molar-refractivity contribution in [2.75, 3.05) is 23.8 Å². The maximum absolute atomic E-state index is 13.0. The van der Waals surface area contributed by atoms with Crippen molar-refractivity contribution in [1.82, 2.24) is 10.3 Å². The number of anilines is 2. The number of aromatic nitrogens is 1. The summed E-state index contributed by atoms with van der Waals surface area (Å²) in [4.78, 5) is 21.9. The minimum absolute atomic E-state index is 0.164. The van der Waals surface area contributed by atoms with Gasteiger partial charge in [0.25, 0.3) is 0 Å². The summed E-state index contributed by atoms with van der Waals surface area (Å²) in [6.45, 7) is 5.78. The molecule has 1 atom stereocenters. The van der Waals surface area contributed by atoms with Crippen LogP contribution in [0.3, 0.4) is 0 Å². The molecular formula is C22H28N4OS. The first kappa shape index (κ1) is 19.0. The Morgan fingerprint density at radius 1 is 1.39 bits per heavy atom. The van der Waals surface area contributed by atoms with Crippen molar-refractivity contribution >= 4 is 34.3 Å². The lowest BCUT2D eigenvalue weighted by Crippen LogP contribution is -2.34. The second-order valence-electron chi connectivity index (χ2n) is 8.03. The Morgan fingerprint density at radius 2 is 2.21 bits per heavy atom. The Bertz CT molecular complexity index is 901. The topological polar surface area (TPSA) is 57.3 Å². The summed E-state index contributed by atoms with van der Waals surface area (Å²) >= 11 is 1.78. The molecule has 1 aliphatic carbocycles. The molecule has 0 aromatic carbocycles. The predicted molar refractivity (Wildman–Crippen MR) is 116 cm³/mol. The SMILES string of the molecule is CN/C=C(\C)c1ccc(CNc2cc(N3CC[C@@](C)(C4CC4)C3=O)ccn2)s1. The standard InChI is InChI=1S/C22H28N4OS/c1-15(13-23-3)19-7-6-18(28-19)14-25-20-12-17(8-10-24-20)26-11-9-22(2,21(26)27)16-4-5-16/h6-8,10,12-13,16,23H,4-5,9,11,14H2,1-3H3,(H,24,25)/b15-13+/t22-/m0/s1. The van der Waals surface area contributed by atoms with Crippen LogP contribution in [0.5, 0.6) is 0 Å². The zero-order valence-electron chi connectivity index (χ0n) is 16.8. The van der Waals surface area contributed by atoms with Gasteiger partial charge in [0.05, 0.1) is 12.0 Å². The minimum atomic E-state index is -0.164. The number of rotatable bonds is 7. The van der Waals surface area contributed by atoms with E-state index in [9.17, 15) is 4.79 Å². The largest absolute Gasteiger partial charge is 0.394 e. The number of pyridine rings is 1. The van der Waals surface area contributed by atoms with E-state index in [1.165, 1.54) is 28.2 Å². The fourth-order valence-electron chi connectivity index (χ4n) is 4.04. The molecule has 6 heteroatoms. The second-order valence-corrected chi connectivity index (χ2v) is 9.20. The van der Waals surface area contributed by atoms with E-state index in [1.54, 1.807) is 17.5 Å². The van der Waals surface area contributed by atoms with E-state index in [2.05, 4.69) is 41.6 Å². The van der Waals surface area contributed by atoms with E-state index < -0.39 is 0 Å². The van der Waals surface area contributed by atoms with Gasteiger partial charge in [-0.25, -0.2) is 4.98 Å². The average molecular weight is 397 g/mol. The van der Waals surface area contributed by atoms with Gasteiger partial charge in [-0.2, -0.15) is 0 Å². The molecule has 4 rings (SSSR count). The Balaban J connectivity index is 1.42. The molecule has 1 saturated carbocycles. The van der Waals surface area contributed by atoms with Gasteiger partial charge in [-0.1, -0.05) is 6.92 Å². The molecule has 0 unspecified atom stereocenters. The number of thiophene rings is 1. The van der Waals surface area contributed by atoms with Crippen LogP contribution < -0.4 is 15.5 Å². The first-order valence-electron chi connectivity index (χ1n) is 9.96. The molecule has 148 valence electrons. The van der Waals surface area contributed by atoms with Crippen molar-refractivity contribution in [3.63, 3.8) is 0 Å². The Labute approximate surface area is 170 Å². The molecule has 2 fully saturated rings. The van der Waals surface area contributed by atoms with E-state index in [-0.39, 0.29) is 11.3 Å². The number of nitrogens with one attached hydrogen (secondary N) is 2. The molecule has 1 saturated heterocycles. The molecule has 2 aliphatic rings. The van der Waals surface area contributed by atoms with Crippen LogP contribution in [0.15, 0.2) is 36.7 Å².